The Morgan fingerprint density at radius 2 is 2.16 bits per heavy atom. The third kappa shape index (κ3) is 2.94. The molecule has 0 bridgehead atoms. The Balaban J connectivity index is 1.62. The first-order valence-corrected chi connectivity index (χ1v) is 8.87. The molecule has 126 valence electrons. The second kappa shape index (κ2) is 6.05. The molecule has 4 unspecified atom stereocenters. The number of halogens is 1. The maximum atomic E-state index is 14.4. The summed E-state index contributed by atoms with van der Waals surface area (Å²) >= 11 is 1.59. The number of nitrogens with one attached hydrogen (secondary N) is 1. The summed E-state index contributed by atoms with van der Waals surface area (Å²) in [6, 6.07) is 10.1. The van der Waals surface area contributed by atoms with E-state index in [2.05, 4.69) is 22.2 Å². The van der Waals surface area contributed by atoms with Crippen LogP contribution < -0.4 is 11.1 Å². The molecule has 1 fully saturated rings. The van der Waals surface area contributed by atoms with Gasteiger partial charge in [0.05, 0.1) is 11.6 Å². The van der Waals surface area contributed by atoms with E-state index in [1.165, 1.54) is 12.3 Å². The lowest BCUT2D eigenvalue weighted by Crippen LogP contribution is -2.17. The molecule has 0 spiro atoms. The van der Waals surface area contributed by atoms with Crippen molar-refractivity contribution in [2.75, 3.05) is 5.32 Å². The molecule has 1 aromatic heterocycles. The Morgan fingerprint density at radius 3 is 2.88 bits per heavy atom. The van der Waals surface area contributed by atoms with Gasteiger partial charge in [0.15, 0.2) is 5.17 Å². The largest absolute Gasteiger partial charge is 0.379 e. The number of pyridine rings is 1. The van der Waals surface area contributed by atoms with Crippen LogP contribution in [0.4, 0.5) is 15.9 Å². The Labute approximate surface area is 149 Å². The molecule has 0 radical (unpaired) electrons. The monoisotopic (exact) mass is 353 g/mol. The standard InChI is InChI=1S/C18H16FN5S/c1-9-15-16(24-18(21)25-17(9)15)12-6-11(3-4-13(12)19)23-14-5-2-10(7-20)8-22-14/h2-6,8-9,15-17H,1H3,(H2,21,24)(H,22,23). The molecule has 1 saturated carbocycles. The number of aromatic nitrogens is 1. The number of benzene rings is 1. The van der Waals surface area contributed by atoms with Crippen LogP contribution in [0.15, 0.2) is 41.5 Å². The average molecular weight is 353 g/mol. The van der Waals surface area contributed by atoms with E-state index in [-0.39, 0.29) is 11.9 Å². The minimum Gasteiger partial charge on any atom is -0.379 e. The summed E-state index contributed by atoms with van der Waals surface area (Å²) < 4.78 is 14.4. The van der Waals surface area contributed by atoms with E-state index in [1.807, 2.05) is 6.07 Å². The number of nitrogens with two attached hydrogens (primary N) is 1. The Hall–Kier alpha value is -2.59. The number of hydrogen-bond donors (Lipinski definition) is 2. The third-order valence-corrected chi connectivity index (χ3v) is 6.09. The van der Waals surface area contributed by atoms with Gasteiger partial charge in [-0.3, -0.25) is 4.99 Å². The van der Waals surface area contributed by atoms with Gasteiger partial charge in [-0.05, 0) is 36.2 Å². The average Bonchev–Trinajstić information content (AvgIpc) is 3.26. The third-order valence-electron chi connectivity index (χ3n) is 4.73. The van der Waals surface area contributed by atoms with Crippen molar-refractivity contribution in [1.29, 1.82) is 5.26 Å². The summed E-state index contributed by atoms with van der Waals surface area (Å²) in [6.07, 6.45) is 1.49. The molecule has 1 aliphatic heterocycles. The van der Waals surface area contributed by atoms with Crippen molar-refractivity contribution in [1.82, 2.24) is 4.98 Å². The normalized spacial score (nSPS) is 27.0. The van der Waals surface area contributed by atoms with E-state index in [1.54, 1.807) is 36.0 Å². The van der Waals surface area contributed by atoms with Gasteiger partial charge in [0.1, 0.15) is 17.7 Å². The van der Waals surface area contributed by atoms with Crippen LogP contribution in [0.25, 0.3) is 0 Å². The number of thioether (sulfide) groups is 1. The maximum absolute atomic E-state index is 14.4. The number of nitriles is 1. The van der Waals surface area contributed by atoms with Crippen molar-refractivity contribution >= 4 is 28.4 Å². The van der Waals surface area contributed by atoms with Crippen LogP contribution in [0.5, 0.6) is 0 Å². The predicted octanol–water partition coefficient (Wildman–Crippen LogP) is 3.57. The fourth-order valence-electron chi connectivity index (χ4n) is 3.31. The molecule has 0 amide bonds. The van der Waals surface area contributed by atoms with Crippen LogP contribution in [0.3, 0.4) is 0 Å². The van der Waals surface area contributed by atoms with Crippen LogP contribution in [-0.2, 0) is 0 Å². The predicted molar refractivity (Wildman–Crippen MR) is 97.0 cm³/mol. The number of nitrogens with zero attached hydrogens (tertiary/aromatic N) is 3. The molecule has 2 heterocycles. The summed E-state index contributed by atoms with van der Waals surface area (Å²) in [5.74, 6) is 1.13. The second-order valence-corrected chi connectivity index (χ2v) is 7.53. The van der Waals surface area contributed by atoms with E-state index in [9.17, 15) is 4.39 Å². The molecule has 1 aromatic carbocycles. The summed E-state index contributed by atoms with van der Waals surface area (Å²) in [6.45, 7) is 2.16. The molecule has 2 aromatic rings. The highest BCUT2D eigenvalue weighted by Crippen LogP contribution is 2.58. The molecule has 7 heteroatoms. The Kier molecular flexibility index (Phi) is 3.85. The molecule has 2 aliphatic rings. The van der Waals surface area contributed by atoms with Crippen molar-refractivity contribution in [2.24, 2.45) is 22.6 Å². The number of amidine groups is 1. The molecule has 25 heavy (non-hydrogen) atoms. The van der Waals surface area contributed by atoms with Crippen LogP contribution in [0.2, 0.25) is 0 Å². The molecule has 3 N–H and O–H groups in total. The number of rotatable bonds is 3. The Bertz CT molecular complexity index is 889. The van der Waals surface area contributed by atoms with E-state index in [4.69, 9.17) is 11.0 Å². The van der Waals surface area contributed by atoms with Gasteiger partial charge in [-0.25, -0.2) is 9.37 Å². The minimum absolute atomic E-state index is 0.239. The molecule has 1 aliphatic carbocycles. The minimum atomic E-state index is -0.273. The fourth-order valence-corrected chi connectivity index (χ4v) is 4.62. The molecule has 5 nitrogen and oxygen atoms in total. The number of fused-ring (bicyclic) bond motifs is 1. The van der Waals surface area contributed by atoms with Gasteiger partial charge in [-0.15, -0.1) is 0 Å². The van der Waals surface area contributed by atoms with Crippen molar-refractivity contribution in [3.05, 3.63) is 53.5 Å². The van der Waals surface area contributed by atoms with Crippen LogP contribution in [-0.4, -0.2) is 15.4 Å². The van der Waals surface area contributed by atoms with Crippen LogP contribution in [0, 0.1) is 29.0 Å². The highest BCUT2D eigenvalue weighted by atomic mass is 32.2. The topological polar surface area (TPSA) is 87.1 Å². The number of hydrogen-bond acceptors (Lipinski definition) is 6. The number of anilines is 2. The molecule has 0 saturated heterocycles. The van der Waals surface area contributed by atoms with E-state index in [0.29, 0.717) is 39.2 Å². The first-order valence-electron chi connectivity index (χ1n) is 7.99. The van der Waals surface area contributed by atoms with E-state index in [0.717, 1.165) is 5.69 Å². The fraction of sp³-hybridized carbons (Fsp3) is 0.278. The zero-order chi connectivity index (χ0) is 17.6. The molecule has 4 rings (SSSR count). The Morgan fingerprint density at radius 1 is 1.32 bits per heavy atom. The van der Waals surface area contributed by atoms with Gasteiger partial charge in [0.25, 0.3) is 0 Å². The summed E-state index contributed by atoms with van der Waals surface area (Å²) in [7, 11) is 0. The van der Waals surface area contributed by atoms with Crippen molar-refractivity contribution < 1.29 is 4.39 Å². The highest BCUT2D eigenvalue weighted by molar-refractivity contribution is 8.14. The summed E-state index contributed by atoms with van der Waals surface area (Å²) in [4.78, 5) is 8.67. The van der Waals surface area contributed by atoms with Crippen LogP contribution in [0.1, 0.15) is 24.1 Å². The number of aliphatic imine (C=N–C) groups is 1. The van der Waals surface area contributed by atoms with Crippen molar-refractivity contribution in [2.45, 2.75) is 18.2 Å². The SMILES string of the molecule is CC1C2SC(N)=NC(c3cc(Nc4ccc(C#N)cn4)ccc3F)C12. The quantitative estimate of drug-likeness (QED) is 0.881. The van der Waals surface area contributed by atoms with Crippen molar-refractivity contribution in [3.63, 3.8) is 0 Å². The zero-order valence-electron chi connectivity index (χ0n) is 13.5. The van der Waals surface area contributed by atoms with Gasteiger partial charge < -0.3 is 11.1 Å². The maximum Gasteiger partial charge on any atom is 0.154 e. The highest BCUT2D eigenvalue weighted by Gasteiger charge is 2.55. The summed E-state index contributed by atoms with van der Waals surface area (Å²) in [5, 5.41) is 12.9. The second-order valence-electron chi connectivity index (χ2n) is 6.34. The lowest BCUT2D eigenvalue weighted by Gasteiger charge is -2.19. The first kappa shape index (κ1) is 15.9. The lowest BCUT2D eigenvalue weighted by molar-refractivity contribution is 0.539. The zero-order valence-corrected chi connectivity index (χ0v) is 14.3. The first-order chi connectivity index (χ1) is 12.1. The summed E-state index contributed by atoms with van der Waals surface area (Å²) in [5.41, 5.74) is 7.69. The van der Waals surface area contributed by atoms with Crippen LogP contribution >= 0.6 is 11.8 Å². The van der Waals surface area contributed by atoms with Crippen molar-refractivity contribution in [3.8, 4) is 6.07 Å². The van der Waals surface area contributed by atoms with Gasteiger partial charge in [0.2, 0.25) is 0 Å². The van der Waals surface area contributed by atoms with Gasteiger partial charge in [-0.1, -0.05) is 18.7 Å². The van der Waals surface area contributed by atoms with E-state index < -0.39 is 0 Å². The van der Waals surface area contributed by atoms with E-state index >= 15 is 0 Å². The lowest BCUT2D eigenvalue weighted by atomic mass is 10.0. The molecular formula is C18H16FN5S. The van der Waals surface area contributed by atoms with Gasteiger partial charge in [-0.2, -0.15) is 5.26 Å². The smallest absolute Gasteiger partial charge is 0.154 e. The van der Waals surface area contributed by atoms with Gasteiger partial charge >= 0.3 is 0 Å². The molecule has 4 atom stereocenters. The van der Waals surface area contributed by atoms with Gasteiger partial charge in [0, 0.05) is 28.6 Å². The molecular weight excluding hydrogens is 337 g/mol.